The van der Waals surface area contributed by atoms with E-state index in [-0.39, 0.29) is 6.54 Å². The minimum absolute atomic E-state index is 0.00442. The molecule has 0 aliphatic heterocycles. The van der Waals surface area contributed by atoms with Crippen LogP contribution in [0.15, 0.2) is 0 Å². The quantitative estimate of drug-likeness (QED) is 0.706. The molecule has 0 aromatic carbocycles. The van der Waals surface area contributed by atoms with Crippen molar-refractivity contribution in [3.8, 4) is 0 Å². The summed E-state index contributed by atoms with van der Waals surface area (Å²) in [5.41, 5.74) is 0. The van der Waals surface area contributed by atoms with Crippen LogP contribution < -0.4 is 5.32 Å². The molecular weight excluding hydrogens is 221 g/mol. The summed E-state index contributed by atoms with van der Waals surface area (Å²) in [5, 5.41) is 2.99. The number of alkyl halides is 1. The van der Waals surface area contributed by atoms with Gasteiger partial charge in [0.05, 0.1) is 0 Å². The molecule has 1 saturated carbocycles. The van der Waals surface area contributed by atoms with Crippen molar-refractivity contribution in [2.75, 3.05) is 12.3 Å². The fourth-order valence-corrected chi connectivity index (χ4v) is 2.46. The Bertz CT molecular complexity index is 275. The van der Waals surface area contributed by atoms with Gasteiger partial charge in [0.1, 0.15) is 11.9 Å². The molecule has 2 N–H and O–H groups in total. The molecule has 1 aliphatic rings. The molecule has 1 rings (SSSR count). The molecule has 15 heavy (non-hydrogen) atoms. The van der Waals surface area contributed by atoms with Gasteiger partial charge in [0, 0.05) is 12.6 Å². The normalized spacial score (nSPS) is 21.5. The first-order valence-corrected chi connectivity index (χ1v) is 6.91. The fraction of sp³-hybridized carbons (Fsp3) is 1.00. The standard InChI is InChI=1S/C9H18FNO3S/c10-8(7-15(12,13)14)6-11-9-4-2-1-3-5-9/h8-9,11H,1-7H2,(H,12,13,14)/t8-/m1/s1. The van der Waals surface area contributed by atoms with Crippen LogP contribution in [0.25, 0.3) is 0 Å². The zero-order valence-corrected chi connectivity index (χ0v) is 9.47. The van der Waals surface area contributed by atoms with Gasteiger partial charge in [-0.15, -0.1) is 0 Å². The van der Waals surface area contributed by atoms with Gasteiger partial charge in [-0.1, -0.05) is 19.3 Å². The van der Waals surface area contributed by atoms with Crippen LogP contribution in [-0.2, 0) is 10.1 Å². The van der Waals surface area contributed by atoms with Gasteiger partial charge in [0.15, 0.2) is 0 Å². The smallest absolute Gasteiger partial charge is 0.267 e. The summed E-state index contributed by atoms with van der Waals surface area (Å²) in [6, 6.07) is 0.304. The highest BCUT2D eigenvalue weighted by atomic mass is 32.2. The Morgan fingerprint density at radius 3 is 2.47 bits per heavy atom. The van der Waals surface area contributed by atoms with Gasteiger partial charge in [0.25, 0.3) is 10.1 Å². The molecule has 0 aromatic heterocycles. The second kappa shape index (κ2) is 5.77. The van der Waals surface area contributed by atoms with Crippen molar-refractivity contribution >= 4 is 10.1 Å². The summed E-state index contributed by atoms with van der Waals surface area (Å²) in [6.07, 6.45) is 4.04. The van der Waals surface area contributed by atoms with E-state index in [0.717, 1.165) is 25.7 Å². The molecule has 6 heteroatoms. The average molecular weight is 239 g/mol. The van der Waals surface area contributed by atoms with Crippen LogP contribution in [0.1, 0.15) is 32.1 Å². The molecule has 0 unspecified atom stereocenters. The van der Waals surface area contributed by atoms with Crippen LogP contribution in [0, 0.1) is 0 Å². The third-order valence-corrected chi connectivity index (χ3v) is 3.41. The highest BCUT2D eigenvalue weighted by Gasteiger charge is 2.18. The van der Waals surface area contributed by atoms with Crippen molar-refractivity contribution in [1.29, 1.82) is 0 Å². The zero-order chi connectivity index (χ0) is 11.3. The van der Waals surface area contributed by atoms with Gasteiger partial charge in [-0.25, -0.2) is 4.39 Å². The topological polar surface area (TPSA) is 66.4 Å². The first-order valence-electron chi connectivity index (χ1n) is 5.30. The summed E-state index contributed by atoms with van der Waals surface area (Å²) in [7, 11) is -4.19. The molecule has 0 amide bonds. The maximum absolute atomic E-state index is 13.1. The van der Waals surface area contributed by atoms with Crippen LogP contribution in [0.2, 0.25) is 0 Å². The second-order valence-corrected chi connectivity index (χ2v) is 5.59. The third kappa shape index (κ3) is 6.06. The maximum Gasteiger partial charge on any atom is 0.267 e. The summed E-state index contributed by atoms with van der Waals surface area (Å²) in [5.74, 6) is -0.813. The monoisotopic (exact) mass is 239 g/mol. The molecule has 4 nitrogen and oxygen atoms in total. The molecule has 0 aromatic rings. The van der Waals surface area contributed by atoms with E-state index >= 15 is 0 Å². The number of rotatable bonds is 5. The van der Waals surface area contributed by atoms with E-state index in [9.17, 15) is 12.8 Å². The average Bonchev–Trinajstić information content (AvgIpc) is 2.14. The van der Waals surface area contributed by atoms with Crippen LogP contribution >= 0.6 is 0 Å². The first-order chi connectivity index (χ1) is 6.97. The predicted octanol–water partition coefficient (Wildman–Crippen LogP) is 1.13. The lowest BCUT2D eigenvalue weighted by Crippen LogP contribution is -2.37. The van der Waals surface area contributed by atoms with E-state index in [4.69, 9.17) is 4.55 Å². The maximum atomic E-state index is 13.1. The molecule has 0 radical (unpaired) electrons. The molecule has 0 heterocycles. The molecule has 1 aliphatic carbocycles. The molecule has 1 atom stereocenters. The third-order valence-electron chi connectivity index (χ3n) is 2.62. The van der Waals surface area contributed by atoms with Crippen LogP contribution in [-0.4, -0.2) is 37.5 Å². The minimum atomic E-state index is -4.19. The van der Waals surface area contributed by atoms with Crippen LogP contribution in [0.4, 0.5) is 4.39 Å². The van der Waals surface area contributed by atoms with Crippen molar-refractivity contribution in [3.63, 3.8) is 0 Å². The van der Waals surface area contributed by atoms with Crippen molar-refractivity contribution < 1.29 is 17.4 Å². The number of hydrogen-bond acceptors (Lipinski definition) is 3. The lowest BCUT2D eigenvalue weighted by Gasteiger charge is -2.23. The summed E-state index contributed by atoms with van der Waals surface area (Å²) < 4.78 is 42.2. The summed E-state index contributed by atoms with van der Waals surface area (Å²) in [4.78, 5) is 0. The largest absolute Gasteiger partial charge is 0.311 e. The molecule has 1 fully saturated rings. The Balaban J connectivity index is 2.18. The van der Waals surface area contributed by atoms with Crippen molar-refractivity contribution in [2.24, 2.45) is 0 Å². The summed E-state index contributed by atoms with van der Waals surface area (Å²) in [6.45, 7) is 0.00442. The van der Waals surface area contributed by atoms with Crippen molar-refractivity contribution in [3.05, 3.63) is 0 Å². The first kappa shape index (κ1) is 12.9. The number of nitrogens with one attached hydrogen (secondary N) is 1. The van der Waals surface area contributed by atoms with Crippen LogP contribution in [0.3, 0.4) is 0 Å². The predicted molar refractivity (Wildman–Crippen MR) is 56.2 cm³/mol. The van der Waals surface area contributed by atoms with Gasteiger partial charge in [0.2, 0.25) is 0 Å². The lowest BCUT2D eigenvalue weighted by atomic mass is 9.95. The Morgan fingerprint density at radius 1 is 1.33 bits per heavy atom. The molecule has 0 saturated heterocycles. The van der Waals surface area contributed by atoms with E-state index in [1.165, 1.54) is 6.42 Å². The van der Waals surface area contributed by atoms with E-state index in [1.807, 2.05) is 0 Å². The van der Waals surface area contributed by atoms with E-state index in [1.54, 1.807) is 0 Å². The molecule has 90 valence electrons. The molecule has 0 bridgehead atoms. The van der Waals surface area contributed by atoms with E-state index < -0.39 is 22.0 Å². The molecular formula is C9H18FNO3S. The zero-order valence-electron chi connectivity index (χ0n) is 8.65. The van der Waals surface area contributed by atoms with Crippen LogP contribution in [0.5, 0.6) is 0 Å². The highest BCUT2D eigenvalue weighted by Crippen LogP contribution is 2.17. The Hall–Kier alpha value is -0.200. The van der Waals surface area contributed by atoms with Gasteiger partial charge < -0.3 is 5.32 Å². The van der Waals surface area contributed by atoms with Gasteiger partial charge in [-0.3, -0.25) is 4.55 Å². The fourth-order valence-electron chi connectivity index (χ4n) is 1.89. The SMILES string of the molecule is O=S(=O)(O)C[C@H](F)CNC1CCCCC1. The number of halogens is 1. The van der Waals surface area contributed by atoms with Crippen molar-refractivity contribution in [2.45, 2.75) is 44.3 Å². The van der Waals surface area contributed by atoms with Gasteiger partial charge >= 0.3 is 0 Å². The van der Waals surface area contributed by atoms with E-state index in [0.29, 0.717) is 6.04 Å². The van der Waals surface area contributed by atoms with Crippen molar-refractivity contribution in [1.82, 2.24) is 5.32 Å². The highest BCUT2D eigenvalue weighted by molar-refractivity contribution is 7.85. The van der Waals surface area contributed by atoms with Gasteiger partial charge in [-0.2, -0.15) is 8.42 Å². The summed E-state index contributed by atoms with van der Waals surface area (Å²) >= 11 is 0. The Labute approximate surface area is 90.0 Å². The lowest BCUT2D eigenvalue weighted by molar-refractivity contribution is 0.298. The number of hydrogen-bond donors (Lipinski definition) is 2. The van der Waals surface area contributed by atoms with Gasteiger partial charge in [-0.05, 0) is 12.8 Å². The Kier molecular flexibility index (Phi) is 4.95. The molecule has 0 spiro atoms. The second-order valence-electron chi connectivity index (χ2n) is 4.09. The van der Waals surface area contributed by atoms with E-state index in [2.05, 4.69) is 5.32 Å². The Morgan fingerprint density at radius 2 is 1.93 bits per heavy atom. The minimum Gasteiger partial charge on any atom is -0.311 e.